The minimum absolute atomic E-state index is 0.192. The first-order valence-electron chi connectivity index (χ1n) is 5.95. The van der Waals surface area contributed by atoms with Crippen molar-refractivity contribution in [2.75, 3.05) is 27.4 Å². The van der Waals surface area contributed by atoms with Gasteiger partial charge in [0.25, 0.3) is 0 Å². The summed E-state index contributed by atoms with van der Waals surface area (Å²) >= 11 is 9.64. The number of nitrogens with one attached hydrogen (secondary N) is 1. The van der Waals surface area contributed by atoms with E-state index in [1.807, 2.05) is 19.2 Å². The molecule has 1 aromatic carbocycles. The van der Waals surface area contributed by atoms with Gasteiger partial charge >= 0.3 is 0 Å². The molecule has 18 heavy (non-hydrogen) atoms. The van der Waals surface area contributed by atoms with E-state index in [0.29, 0.717) is 10.9 Å². The van der Waals surface area contributed by atoms with E-state index in [-0.39, 0.29) is 6.04 Å². The van der Waals surface area contributed by atoms with E-state index in [1.165, 1.54) is 0 Å². The Hall–Kier alpha value is -0.290. The number of halogens is 2. The number of hydrogen-bond donors (Lipinski definition) is 1. The highest BCUT2D eigenvalue weighted by Gasteiger charge is 2.29. The molecule has 1 heterocycles. The molecule has 0 aliphatic carbocycles. The summed E-state index contributed by atoms with van der Waals surface area (Å²) < 4.78 is 11.8. The molecule has 1 aliphatic heterocycles. The van der Waals surface area contributed by atoms with Crippen LogP contribution in [0.3, 0.4) is 0 Å². The average Bonchev–Trinajstić information content (AvgIpc) is 2.83. The monoisotopic (exact) mass is 333 g/mol. The summed E-state index contributed by atoms with van der Waals surface area (Å²) in [5.74, 6) is 1.29. The van der Waals surface area contributed by atoms with Crippen molar-refractivity contribution in [2.24, 2.45) is 5.92 Å². The van der Waals surface area contributed by atoms with Gasteiger partial charge in [-0.1, -0.05) is 11.6 Å². The van der Waals surface area contributed by atoms with Gasteiger partial charge in [-0.3, -0.25) is 0 Å². The lowest BCUT2D eigenvalue weighted by molar-refractivity contribution is 0.177. The van der Waals surface area contributed by atoms with Gasteiger partial charge in [0.15, 0.2) is 0 Å². The van der Waals surface area contributed by atoms with Gasteiger partial charge in [0.1, 0.15) is 5.75 Å². The van der Waals surface area contributed by atoms with Crippen LogP contribution in [-0.2, 0) is 4.74 Å². The van der Waals surface area contributed by atoms with E-state index < -0.39 is 0 Å². The Morgan fingerprint density at radius 2 is 2.33 bits per heavy atom. The molecule has 100 valence electrons. The molecule has 1 N–H and O–H groups in total. The first kappa shape index (κ1) is 14.1. The molecule has 5 heteroatoms. The molecule has 3 nitrogen and oxygen atoms in total. The Labute approximate surface area is 121 Å². The molecule has 1 fully saturated rings. The van der Waals surface area contributed by atoms with Gasteiger partial charge < -0.3 is 14.8 Å². The predicted octanol–water partition coefficient (Wildman–Crippen LogP) is 3.41. The Balaban J connectivity index is 2.39. The zero-order valence-electron chi connectivity index (χ0n) is 10.5. The summed E-state index contributed by atoms with van der Waals surface area (Å²) in [6.07, 6.45) is 1.05. The largest absolute Gasteiger partial charge is 0.495 e. The van der Waals surface area contributed by atoms with Crippen molar-refractivity contribution in [3.05, 3.63) is 27.2 Å². The van der Waals surface area contributed by atoms with Crippen LogP contribution >= 0.6 is 27.5 Å². The number of ether oxygens (including phenoxy) is 2. The molecule has 1 saturated heterocycles. The van der Waals surface area contributed by atoms with Crippen molar-refractivity contribution in [2.45, 2.75) is 12.5 Å². The van der Waals surface area contributed by atoms with Crippen LogP contribution < -0.4 is 10.1 Å². The van der Waals surface area contributed by atoms with Crippen molar-refractivity contribution < 1.29 is 9.47 Å². The third-order valence-electron chi connectivity index (χ3n) is 3.32. The molecular formula is C13H17BrClNO2. The molecule has 0 radical (unpaired) electrons. The fourth-order valence-electron chi connectivity index (χ4n) is 2.49. The third-order valence-corrected chi connectivity index (χ3v) is 4.13. The maximum atomic E-state index is 6.14. The maximum Gasteiger partial charge on any atom is 0.137 e. The summed E-state index contributed by atoms with van der Waals surface area (Å²) in [4.78, 5) is 0. The second-order valence-electron chi connectivity index (χ2n) is 4.40. The van der Waals surface area contributed by atoms with Crippen LogP contribution in [0, 0.1) is 5.92 Å². The number of benzene rings is 1. The first-order chi connectivity index (χ1) is 8.67. The molecule has 0 aromatic heterocycles. The Morgan fingerprint density at radius 3 is 2.89 bits per heavy atom. The highest BCUT2D eigenvalue weighted by atomic mass is 79.9. The molecular weight excluding hydrogens is 318 g/mol. The fourth-order valence-corrected chi connectivity index (χ4v) is 3.48. The lowest BCUT2D eigenvalue weighted by atomic mass is 9.92. The summed E-state index contributed by atoms with van der Waals surface area (Å²) in [6, 6.07) is 4.00. The van der Waals surface area contributed by atoms with Crippen LogP contribution in [0.25, 0.3) is 0 Å². The number of methoxy groups -OCH3 is 1. The van der Waals surface area contributed by atoms with E-state index in [4.69, 9.17) is 21.1 Å². The quantitative estimate of drug-likeness (QED) is 0.915. The van der Waals surface area contributed by atoms with Gasteiger partial charge in [0, 0.05) is 29.2 Å². The van der Waals surface area contributed by atoms with Gasteiger partial charge in [-0.05, 0) is 41.5 Å². The average molecular weight is 335 g/mol. The third kappa shape index (κ3) is 2.82. The van der Waals surface area contributed by atoms with Crippen LogP contribution in [-0.4, -0.2) is 27.4 Å². The van der Waals surface area contributed by atoms with Gasteiger partial charge in [-0.25, -0.2) is 0 Å². The second kappa shape index (κ2) is 6.24. The Kier molecular flexibility index (Phi) is 4.90. The van der Waals surface area contributed by atoms with Crippen LogP contribution in [0.4, 0.5) is 0 Å². The fraction of sp³-hybridized carbons (Fsp3) is 0.538. The van der Waals surface area contributed by atoms with Crippen LogP contribution in [0.15, 0.2) is 16.6 Å². The molecule has 2 unspecified atom stereocenters. The zero-order valence-corrected chi connectivity index (χ0v) is 12.8. The highest BCUT2D eigenvalue weighted by molar-refractivity contribution is 9.10. The first-order valence-corrected chi connectivity index (χ1v) is 7.12. The van der Waals surface area contributed by atoms with E-state index in [9.17, 15) is 0 Å². The van der Waals surface area contributed by atoms with Crippen molar-refractivity contribution in [3.63, 3.8) is 0 Å². The molecule has 0 bridgehead atoms. The summed E-state index contributed by atoms with van der Waals surface area (Å²) in [5, 5.41) is 4.06. The maximum absolute atomic E-state index is 6.14. The normalized spacial score (nSPS) is 21.0. The number of hydrogen-bond acceptors (Lipinski definition) is 3. The van der Waals surface area contributed by atoms with Gasteiger partial charge in [-0.2, -0.15) is 0 Å². The van der Waals surface area contributed by atoms with Crippen LogP contribution in [0.2, 0.25) is 5.02 Å². The molecule has 1 aliphatic rings. The Morgan fingerprint density at radius 1 is 1.56 bits per heavy atom. The Bertz CT molecular complexity index is 422. The molecule has 0 spiro atoms. The predicted molar refractivity (Wildman–Crippen MR) is 76.4 cm³/mol. The molecule has 0 saturated carbocycles. The van der Waals surface area contributed by atoms with Crippen molar-refractivity contribution in [1.29, 1.82) is 0 Å². The number of rotatable bonds is 4. The molecule has 1 aromatic rings. The van der Waals surface area contributed by atoms with Gasteiger partial charge in [0.05, 0.1) is 18.2 Å². The minimum atomic E-state index is 0.192. The minimum Gasteiger partial charge on any atom is -0.495 e. The SMILES string of the molecule is CNC(c1cc(Cl)cc(Br)c1OC)C1CCOC1. The smallest absolute Gasteiger partial charge is 0.137 e. The van der Waals surface area contributed by atoms with E-state index in [0.717, 1.165) is 35.4 Å². The molecule has 0 amide bonds. The topological polar surface area (TPSA) is 30.5 Å². The van der Waals surface area contributed by atoms with Gasteiger partial charge in [0.2, 0.25) is 0 Å². The van der Waals surface area contributed by atoms with Gasteiger partial charge in [-0.15, -0.1) is 0 Å². The van der Waals surface area contributed by atoms with Crippen LogP contribution in [0.5, 0.6) is 5.75 Å². The van der Waals surface area contributed by atoms with E-state index in [1.54, 1.807) is 7.11 Å². The summed E-state index contributed by atoms with van der Waals surface area (Å²) in [7, 11) is 3.63. The lowest BCUT2D eigenvalue weighted by Gasteiger charge is -2.25. The summed E-state index contributed by atoms with van der Waals surface area (Å²) in [5.41, 5.74) is 1.08. The van der Waals surface area contributed by atoms with Crippen molar-refractivity contribution >= 4 is 27.5 Å². The summed E-state index contributed by atoms with van der Waals surface area (Å²) in [6.45, 7) is 1.60. The molecule has 2 atom stereocenters. The van der Waals surface area contributed by atoms with E-state index >= 15 is 0 Å². The lowest BCUT2D eigenvalue weighted by Crippen LogP contribution is -2.26. The van der Waals surface area contributed by atoms with Crippen LogP contribution in [0.1, 0.15) is 18.0 Å². The molecule has 2 rings (SSSR count). The van der Waals surface area contributed by atoms with Crippen molar-refractivity contribution in [3.8, 4) is 5.75 Å². The van der Waals surface area contributed by atoms with Crippen molar-refractivity contribution in [1.82, 2.24) is 5.32 Å². The zero-order chi connectivity index (χ0) is 13.1. The standard InChI is InChI=1S/C13H17BrClNO2/c1-16-12(8-3-4-18-7-8)10-5-9(15)6-11(14)13(10)17-2/h5-6,8,12,16H,3-4,7H2,1-2H3. The highest BCUT2D eigenvalue weighted by Crippen LogP contribution is 2.40. The second-order valence-corrected chi connectivity index (χ2v) is 5.69. The van der Waals surface area contributed by atoms with E-state index in [2.05, 4.69) is 21.2 Å².